The minimum Gasteiger partial charge on any atom is -0.504 e. The molecule has 88 valence electrons. The fourth-order valence-electron chi connectivity index (χ4n) is 1.35. The van der Waals surface area contributed by atoms with Gasteiger partial charge < -0.3 is 15.2 Å². The van der Waals surface area contributed by atoms with Crippen LogP contribution >= 0.6 is 11.6 Å². The highest BCUT2D eigenvalue weighted by atomic mass is 35.5. The van der Waals surface area contributed by atoms with Crippen LogP contribution in [0.4, 0.5) is 0 Å². The first kappa shape index (κ1) is 12.9. The Kier molecular flexibility index (Phi) is 5.15. The van der Waals surface area contributed by atoms with Crippen LogP contribution in [-0.2, 0) is 6.54 Å². The van der Waals surface area contributed by atoms with Gasteiger partial charge in [-0.05, 0) is 19.0 Å². The predicted molar refractivity (Wildman–Crippen MR) is 66.2 cm³/mol. The van der Waals surface area contributed by atoms with Crippen LogP contribution in [0.15, 0.2) is 24.8 Å². The van der Waals surface area contributed by atoms with Crippen molar-refractivity contribution in [2.45, 2.75) is 13.0 Å². The number of phenols is 1. The summed E-state index contributed by atoms with van der Waals surface area (Å²) in [6.07, 6.45) is 2.73. The second-order valence-electron chi connectivity index (χ2n) is 3.37. The Labute approximate surface area is 101 Å². The highest BCUT2D eigenvalue weighted by Gasteiger charge is 2.09. The largest absolute Gasteiger partial charge is 0.504 e. The highest BCUT2D eigenvalue weighted by Crippen LogP contribution is 2.33. The van der Waals surface area contributed by atoms with Crippen LogP contribution < -0.4 is 10.1 Å². The fraction of sp³-hybridized carbons (Fsp3) is 0.333. The van der Waals surface area contributed by atoms with E-state index in [-0.39, 0.29) is 5.75 Å². The first-order valence-electron chi connectivity index (χ1n) is 5.06. The Morgan fingerprint density at radius 3 is 2.94 bits per heavy atom. The number of hydrogen-bond acceptors (Lipinski definition) is 3. The van der Waals surface area contributed by atoms with Crippen LogP contribution in [0, 0.1) is 0 Å². The van der Waals surface area contributed by atoms with Crippen LogP contribution in [0.2, 0.25) is 5.02 Å². The number of phenolic OH excluding ortho intramolecular Hbond substituents is 1. The molecular formula is C12H16ClNO2. The summed E-state index contributed by atoms with van der Waals surface area (Å²) in [6, 6.07) is 3.31. The van der Waals surface area contributed by atoms with Crippen LogP contribution in [0.5, 0.6) is 11.5 Å². The van der Waals surface area contributed by atoms with Gasteiger partial charge in [0, 0.05) is 23.2 Å². The molecule has 4 heteroatoms. The number of aromatic hydroxyl groups is 1. The Balaban J connectivity index is 2.71. The van der Waals surface area contributed by atoms with E-state index in [1.54, 1.807) is 12.1 Å². The lowest BCUT2D eigenvalue weighted by Gasteiger charge is -2.10. The summed E-state index contributed by atoms with van der Waals surface area (Å²) in [4.78, 5) is 0. The molecule has 0 unspecified atom stereocenters. The van der Waals surface area contributed by atoms with Gasteiger partial charge in [0.05, 0.1) is 7.11 Å². The number of nitrogens with one attached hydrogen (secondary N) is 1. The van der Waals surface area contributed by atoms with Crippen molar-refractivity contribution in [3.05, 3.63) is 35.4 Å². The molecule has 0 heterocycles. The van der Waals surface area contributed by atoms with E-state index in [2.05, 4.69) is 11.9 Å². The maximum Gasteiger partial charge on any atom is 0.162 e. The van der Waals surface area contributed by atoms with Crippen molar-refractivity contribution in [1.82, 2.24) is 5.32 Å². The zero-order valence-electron chi connectivity index (χ0n) is 9.29. The van der Waals surface area contributed by atoms with Gasteiger partial charge in [0.1, 0.15) is 0 Å². The van der Waals surface area contributed by atoms with Gasteiger partial charge in [-0.25, -0.2) is 0 Å². The molecule has 1 rings (SSSR count). The minimum atomic E-state index is 0.137. The van der Waals surface area contributed by atoms with E-state index < -0.39 is 0 Å². The van der Waals surface area contributed by atoms with E-state index in [4.69, 9.17) is 16.3 Å². The van der Waals surface area contributed by atoms with E-state index in [1.807, 2.05) is 6.08 Å². The van der Waals surface area contributed by atoms with E-state index in [0.717, 1.165) is 18.5 Å². The van der Waals surface area contributed by atoms with Gasteiger partial charge in [-0.2, -0.15) is 0 Å². The molecule has 16 heavy (non-hydrogen) atoms. The van der Waals surface area contributed by atoms with Crippen LogP contribution in [0.25, 0.3) is 0 Å². The van der Waals surface area contributed by atoms with Gasteiger partial charge in [-0.15, -0.1) is 6.58 Å². The molecule has 3 nitrogen and oxygen atoms in total. The molecule has 0 saturated heterocycles. The van der Waals surface area contributed by atoms with Crippen molar-refractivity contribution in [3.63, 3.8) is 0 Å². The molecule has 0 atom stereocenters. The lowest BCUT2D eigenvalue weighted by Crippen LogP contribution is -2.14. The van der Waals surface area contributed by atoms with Crippen LogP contribution in [0.3, 0.4) is 0 Å². The highest BCUT2D eigenvalue weighted by molar-refractivity contribution is 6.30. The zero-order chi connectivity index (χ0) is 12.0. The fourth-order valence-corrected chi connectivity index (χ4v) is 1.58. The summed E-state index contributed by atoms with van der Waals surface area (Å²) in [6.45, 7) is 5.00. The van der Waals surface area contributed by atoms with Crippen LogP contribution in [0.1, 0.15) is 12.0 Å². The Bertz CT molecular complexity index is 366. The standard InChI is InChI=1S/C12H16ClNO2/c1-3-4-5-14-8-9-6-10(13)7-11(16-2)12(9)15/h3,6-7,14-15H,1,4-5,8H2,2H3. The van der Waals surface area contributed by atoms with E-state index in [0.29, 0.717) is 17.3 Å². The molecule has 0 saturated carbocycles. The maximum atomic E-state index is 9.83. The smallest absolute Gasteiger partial charge is 0.162 e. The first-order valence-corrected chi connectivity index (χ1v) is 5.43. The van der Waals surface area contributed by atoms with E-state index in [1.165, 1.54) is 7.11 Å². The molecule has 0 aromatic heterocycles. The average molecular weight is 242 g/mol. The molecule has 0 spiro atoms. The van der Waals surface area contributed by atoms with Crippen molar-refractivity contribution in [2.75, 3.05) is 13.7 Å². The number of rotatable bonds is 6. The SMILES string of the molecule is C=CCCNCc1cc(Cl)cc(OC)c1O. The summed E-state index contributed by atoms with van der Waals surface area (Å²) in [5, 5.41) is 13.6. The van der Waals surface area contributed by atoms with Crippen molar-refractivity contribution >= 4 is 11.6 Å². The lowest BCUT2D eigenvalue weighted by atomic mass is 10.2. The molecule has 0 fully saturated rings. The minimum absolute atomic E-state index is 0.137. The third kappa shape index (κ3) is 3.43. The summed E-state index contributed by atoms with van der Waals surface area (Å²) in [5.41, 5.74) is 0.730. The number of ether oxygens (including phenoxy) is 1. The molecular weight excluding hydrogens is 226 g/mol. The third-order valence-electron chi connectivity index (χ3n) is 2.18. The number of benzene rings is 1. The third-order valence-corrected chi connectivity index (χ3v) is 2.40. The summed E-state index contributed by atoms with van der Waals surface area (Å²) in [7, 11) is 1.50. The molecule has 0 amide bonds. The van der Waals surface area contributed by atoms with Crippen molar-refractivity contribution < 1.29 is 9.84 Å². The van der Waals surface area contributed by atoms with E-state index >= 15 is 0 Å². The Morgan fingerprint density at radius 1 is 1.56 bits per heavy atom. The molecule has 0 aliphatic rings. The van der Waals surface area contributed by atoms with Gasteiger partial charge in [-0.1, -0.05) is 17.7 Å². The van der Waals surface area contributed by atoms with Gasteiger partial charge >= 0.3 is 0 Å². The maximum absolute atomic E-state index is 9.83. The summed E-state index contributed by atoms with van der Waals surface area (Å²) in [5.74, 6) is 0.533. The van der Waals surface area contributed by atoms with Crippen molar-refractivity contribution in [3.8, 4) is 11.5 Å². The summed E-state index contributed by atoms with van der Waals surface area (Å²) >= 11 is 5.91. The molecule has 0 aliphatic carbocycles. The molecule has 2 N–H and O–H groups in total. The Hall–Kier alpha value is -1.19. The monoisotopic (exact) mass is 241 g/mol. The van der Waals surface area contributed by atoms with Crippen molar-refractivity contribution in [1.29, 1.82) is 0 Å². The number of hydrogen-bond donors (Lipinski definition) is 2. The average Bonchev–Trinajstić information content (AvgIpc) is 2.28. The second-order valence-corrected chi connectivity index (χ2v) is 3.81. The van der Waals surface area contributed by atoms with Gasteiger partial charge in [0.25, 0.3) is 0 Å². The molecule has 0 radical (unpaired) electrons. The van der Waals surface area contributed by atoms with Crippen molar-refractivity contribution in [2.24, 2.45) is 0 Å². The predicted octanol–water partition coefficient (Wildman–Crippen LogP) is 2.72. The van der Waals surface area contributed by atoms with E-state index in [9.17, 15) is 5.11 Å². The lowest BCUT2D eigenvalue weighted by molar-refractivity contribution is 0.370. The quantitative estimate of drug-likeness (QED) is 0.594. The summed E-state index contributed by atoms with van der Waals surface area (Å²) < 4.78 is 5.02. The number of methoxy groups -OCH3 is 1. The zero-order valence-corrected chi connectivity index (χ0v) is 10.0. The van der Waals surface area contributed by atoms with Gasteiger partial charge in [-0.3, -0.25) is 0 Å². The normalized spacial score (nSPS) is 10.1. The molecule has 1 aromatic carbocycles. The molecule has 0 bridgehead atoms. The van der Waals surface area contributed by atoms with Crippen LogP contribution in [-0.4, -0.2) is 18.8 Å². The molecule has 0 aliphatic heterocycles. The topological polar surface area (TPSA) is 41.5 Å². The first-order chi connectivity index (χ1) is 7.69. The molecule has 1 aromatic rings. The second kappa shape index (κ2) is 6.40. The van der Waals surface area contributed by atoms with Gasteiger partial charge in [0.15, 0.2) is 11.5 Å². The number of halogens is 1. The van der Waals surface area contributed by atoms with Gasteiger partial charge in [0.2, 0.25) is 0 Å². The Morgan fingerprint density at radius 2 is 2.31 bits per heavy atom.